The maximum atomic E-state index is 10.3. The van der Waals surface area contributed by atoms with Crippen LogP contribution in [-0.2, 0) is 6.54 Å². The summed E-state index contributed by atoms with van der Waals surface area (Å²) in [6, 6.07) is 12.3. The van der Waals surface area contributed by atoms with Crippen LogP contribution in [0.3, 0.4) is 0 Å². The monoisotopic (exact) mass is 380 g/mol. The lowest BCUT2D eigenvalue weighted by molar-refractivity contribution is 0.116. The Morgan fingerprint density at radius 2 is 1.93 bits per heavy atom. The average Bonchev–Trinajstić information content (AvgIpc) is 3.13. The molecule has 3 aromatic rings. The van der Waals surface area contributed by atoms with Gasteiger partial charge < -0.3 is 15.7 Å². The molecule has 1 aliphatic carbocycles. The standard InChI is InChI=1S/C21H28N6O/c1-14(2)20-24-25-21-17(22-13-15-8-4-3-5-9-15)12-19(26-27(20)21)23-16-10-6-7-11-18(16)28/h3-5,8-9,12,14,16,18,22,28H,6-7,10-11,13H2,1-2H3,(H,23,26)/t16-,18-/m1/s1. The number of benzene rings is 1. The highest BCUT2D eigenvalue weighted by molar-refractivity contribution is 5.70. The Morgan fingerprint density at radius 1 is 1.14 bits per heavy atom. The molecule has 1 aliphatic rings. The Labute approximate surface area is 165 Å². The van der Waals surface area contributed by atoms with Crippen LogP contribution >= 0.6 is 0 Å². The van der Waals surface area contributed by atoms with E-state index >= 15 is 0 Å². The molecule has 3 N–H and O–H groups in total. The molecule has 148 valence electrons. The number of nitrogens with one attached hydrogen (secondary N) is 2. The third kappa shape index (κ3) is 3.94. The van der Waals surface area contributed by atoms with E-state index in [1.54, 1.807) is 0 Å². The fraction of sp³-hybridized carbons (Fsp3) is 0.476. The summed E-state index contributed by atoms with van der Waals surface area (Å²) in [7, 11) is 0. The number of hydrogen-bond acceptors (Lipinski definition) is 6. The Bertz CT molecular complexity index is 923. The number of nitrogens with zero attached hydrogens (tertiary/aromatic N) is 4. The lowest BCUT2D eigenvalue weighted by Crippen LogP contribution is -2.36. The van der Waals surface area contributed by atoms with Crippen LogP contribution in [0, 0.1) is 0 Å². The zero-order valence-electron chi connectivity index (χ0n) is 16.5. The van der Waals surface area contributed by atoms with Crippen molar-refractivity contribution in [3.05, 3.63) is 47.8 Å². The summed E-state index contributed by atoms with van der Waals surface area (Å²) >= 11 is 0. The molecule has 1 fully saturated rings. The largest absolute Gasteiger partial charge is 0.391 e. The lowest BCUT2D eigenvalue weighted by atomic mass is 9.92. The van der Waals surface area contributed by atoms with E-state index in [1.807, 2.05) is 28.8 Å². The summed E-state index contributed by atoms with van der Waals surface area (Å²) in [6.07, 6.45) is 3.66. The van der Waals surface area contributed by atoms with Crippen molar-refractivity contribution < 1.29 is 5.11 Å². The van der Waals surface area contributed by atoms with Gasteiger partial charge in [0.1, 0.15) is 5.82 Å². The second-order valence-corrected chi connectivity index (χ2v) is 7.83. The van der Waals surface area contributed by atoms with Crippen molar-refractivity contribution in [1.82, 2.24) is 19.8 Å². The predicted octanol–water partition coefficient (Wildman–Crippen LogP) is 3.58. The van der Waals surface area contributed by atoms with Gasteiger partial charge in [-0.05, 0) is 18.4 Å². The van der Waals surface area contributed by atoms with Crippen molar-refractivity contribution in [2.24, 2.45) is 0 Å². The second-order valence-electron chi connectivity index (χ2n) is 7.83. The number of hydrogen-bond donors (Lipinski definition) is 3. The van der Waals surface area contributed by atoms with E-state index in [1.165, 1.54) is 5.56 Å². The molecule has 4 rings (SSSR count). The first kappa shape index (κ1) is 18.7. The summed E-state index contributed by atoms with van der Waals surface area (Å²) in [5.74, 6) is 1.77. The number of aliphatic hydroxyl groups excluding tert-OH is 1. The minimum atomic E-state index is -0.336. The first-order valence-electron chi connectivity index (χ1n) is 10.1. The van der Waals surface area contributed by atoms with Gasteiger partial charge in [-0.15, -0.1) is 15.3 Å². The molecule has 0 saturated heterocycles. The van der Waals surface area contributed by atoms with E-state index in [9.17, 15) is 5.11 Å². The fourth-order valence-electron chi connectivity index (χ4n) is 3.72. The van der Waals surface area contributed by atoms with Crippen LogP contribution in [0.4, 0.5) is 11.5 Å². The third-order valence-electron chi connectivity index (χ3n) is 5.30. The van der Waals surface area contributed by atoms with E-state index in [2.05, 4.69) is 46.8 Å². The molecule has 0 amide bonds. The van der Waals surface area contributed by atoms with Crippen LogP contribution in [0.1, 0.15) is 56.8 Å². The quantitative estimate of drug-likeness (QED) is 0.606. The van der Waals surface area contributed by atoms with Gasteiger partial charge >= 0.3 is 0 Å². The van der Waals surface area contributed by atoms with Crippen molar-refractivity contribution in [3.63, 3.8) is 0 Å². The normalized spacial score (nSPS) is 19.9. The molecule has 2 aromatic heterocycles. The van der Waals surface area contributed by atoms with Crippen LogP contribution in [-0.4, -0.2) is 37.1 Å². The highest BCUT2D eigenvalue weighted by atomic mass is 16.3. The van der Waals surface area contributed by atoms with Gasteiger partial charge in [0.2, 0.25) is 5.65 Å². The maximum Gasteiger partial charge on any atom is 0.201 e. The van der Waals surface area contributed by atoms with E-state index < -0.39 is 0 Å². The molecular formula is C21H28N6O. The number of aromatic nitrogens is 4. The highest BCUT2D eigenvalue weighted by Gasteiger charge is 2.24. The molecule has 0 radical (unpaired) electrons. The first-order valence-corrected chi connectivity index (χ1v) is 10.1. The highest BCUT2D eigenvalue weighted by Crippen LogP contribution is 2.26. The summed E-state index contributed by atoms with van der Waals surface area (Å²) < 4.78 is 1.82. The van der Waals surface area contributed by atoms with Crippen LogP contribution in [0.5, 0.6) is 0 Å². The lowest BCUT2D eigenvalue weighted by Gasteiger charge is -2.28. The van der Waals surface area contributed by atoms with Gasteiger partial charge in [-0.2, -0.15) is 4.52 Å². The smallest absolute Gasteiger partial charge is 0.201 e. The SMILES string of the molecule is CC(C)c1nnc2c(NCc3ccccc3)cc(N[C@@H]3CCCC[C@H]3O)nn12. The molecule has 0 unspecified atom stereocenters. The second kappa shape index (κ2) is 8.14. The van der Waals surface area contributed by atoms with Crippen LogP contribution in [0.2, 0.25) is 0 Å². The summed E-state index contributed by atoms with van der Waals surface area (Å²) in [4.78, 5) is 0. The van der Waals surface area contributed by atoms with Gasteiger partial charge in [0, 0.05) is 18.5 Å². The van der Waals surface area contributed by atoms with Crippen molar-refractivity contribution in [2.45, 2.75) is 64.1 Å². The van der Waals surface area contributed by atoms with E-state index in [0.29, 0.717) is 6.54 Å². The third-order valence-corrected chi connectivity index (χ3v) is 5.30. The number of fused-ring (bicyclic) bond motifs is 1. The Balaban J connectivity index is 1.65. The van der Waals surface area contributed by atoms with Crippen LogP contribution in [0.25, 0.3) is 5.65 Å². The summed E-state index contributed by atoms with van der Waals surface area (Å²) in [5, 5.41) is 30.7. The minimum absolute atomic E-state index is 0.0275. The molecule has 1 saturated carbocycles. The maximum absolute atomic E-state index is 10.3. The average molecular weight is 380 g/mol. The van der Waals surface area contributed by atoms with Crippen molar-refractivity contribution in [1.29, 1.82) is 0 Å². The summed E-state index contributed by atoms with van der Waals surface area (Å²) in [6.45, 7) is 4.86. The molecule has 28 heavy (non-hydrogen) atoms. The van der Waals surface area contributed by atoms with E-state index in [-0.39, 0.29) is 18.1 Å². The Hall–Kier alpha value is -2.67. The summed E-state index contributed by atoms with van der Waals surface area (Å²) in [5.41, 5.74) is 2.79. The van der Waals surface area contributed by atoms with Gasteiger partial charge in [-0.25, -0.2) is 0 Å². The van der Waals surface area contributed by atoms with Crippen molar-refractivity contribution >= 4 is 17.2 Å². The van der Waals surface area contributed by atoms with E-state index in [0.717, 1.165) is 48.7 Å². The van der Waals surface area contributed by atoms with Crippen LogP contribution < -0.4 is 10.6 Å². The molecule has 1 aromatic carbocycles. The fourth-order valence-corrected chi connectivity index (χ4v) is 3.72. The molecule has 0 bridgehead atoms. The number of aliphatic hydroxyl groups is 1. The molecule has 7 nitrogen and oxygen atoms in total. The Morgan fingerprint density at radius 3 is 2.68 bits per heavy atom. The first-order chi connectivity index (χ1) is 13.6. The van der Waals surface area contributed by atoms with Gasteiger partial charge in [-0.3, -0.25) is 0 Å². The van der Waals surface area contributed by atoms with Crippen molar-refractivity contribution in [2.75, 3.05) is 10.6 Å². The van der Waals surface area contributed by atoms with E-state index in [4.69, 9.17) is 5.10 Å². The van der Waals surface area contributed by atoms with Gasteiger partial charge in [0.25, 0.3) is 0 Å². The minimum Gasteiger partial charge on any atom is -0.391 e. The zero-order valence-corrected chi connectivity index (χ0v) is 16.5. The Kier molecular flexibility index (Phi) is 5.43. The molecule has 0 aliphatic heterocycles. The molecule has 7 heteroatoms. The predicted molar refractivity (Wildman–Crippen MR) is 111 cm³/mol. The van der Waals surface area contributed by atoms with Gasteiger partial charge in [0.15, 0.2) is 5.82 Å². The number of rotatable bonds is 6. The van der Waals surface area contributed by atoms with Gasteiger partial charge in [0.05, 0.1) is 17.8 Å². The molecular weight excluding hydrogens is 352 g/mol. The van der Waals surface area contributed by atoms with Crippen molar-refractivity contribution in [3.8, 4) is 0 Å². The van der Waals surface area contributed by atoms with Gasteiger partial charge in [-0.1, -0.05) is 57.0 Å². The molecule has 2 heterocycles. The zero-order chi connectivity index (χ0) is 19.5. The topological polar surface area (TPSA) is 87.4 Å². The molecule has 0 spiro atoms. The van der Waals surface area contributed by atoms with Crippen LogP contribution in [0.15, 0.2) is 36.4 Å². The molecule has 2 atom stereocenters. The number of anilines is 2.